The maximum absolute atomic E-state index is 12.2. The Hall–Kier alpha value is -1.89. The zero-order valence-electron chi connectivity index (χ0n) is 13.6. The fourth-order valence-corrected chi connectivity index (χ4v) is 2.52. The van der Waals surface area contributed by atoms with Crippen molar-refractivity contribution in [3.05, 3.63) is 11.8 Å². The van der Waals surface area contributed by atoms with E-state index in [2.05, 4.69) is 15.4 Å². The third kappa shape index (κ3) is 3.85. The summed E-state index contributed by atoms with van der Waals surface area (Å²) < 4.78 is 4.93. The molecule has 1 fully saturated rings. The molecule has 1 aromatic heterocycles. The van der Waals surface area contributed by atoms with Crippen molar-refractivity contribution in [2.45, 2.75) is 33.7 Å². The van der Waals surface area contributed by atoms with Gasteiger partial charge in [0.05, 0.1) is 6.04 Å². The summed E-state index contributed by atoms with van der Waals surface area (Å²) in [5.41, 5.74) is 0. The van der Waals surface area contributed by atoms with Crippen molar-refractivity contribution >= 4 is 17.6 Å². The number of anilines is 1. The van der Waals surface area contributed by atoms with E-state index in [1.54, 1.807) is 13.0 Å². The van der Waals surface area contributed by atoms with Gasteiger partial charge in [-0.3, -0.25) is 14.5 Å². The lowest BCUT2D eigenvalue weighted by Gasteiger charge is -2.38. The summed E-state index contributed by atoms with van der Waals surface area (Å²) >= 11 is 0. The maximum Gasteiger partial charge on any atom is 0.242 e. The second-order valence-electron chi connectivity index (χ2n) is 6.00. The minimum atomic E-state index is -0.270. The van der Waals surface area contributed by atoms with Crippen molar-refractivity contribution in [1.29, 1.82) is 0 Å². The van der Waals surface area contributed by atoms with Crippen LogP contribution in [0.2, 0.25) is 0 Å². The summed E-state index contributed by atoms with van der Waals surface area (Å²) in [7, 11) is 0. The Kier molecular flexibility index (Phi) is 5.18. The van der Waals surface area contributed by atoms with E-state index in [0.717, 1.165) is 0 Å². The number of amides is 2. The zero-order chi connectivity index (χ0) is 16.3. The smallest absolute Gasteiger partial charge is 0.242 e. The van der Waals surface area contributed by atoms with Gasteiger partial charge in [-0.15, -0.1) is 0 Å². The van der Waals surface area contributed by atoms with Crippen molar-refractivity contribution in [3.63, 3.8) is 0 Å². The number of carbonyl (C=O) groups excluding carboxylic acids is 2. The molecule has 1 atom stereocenters. The molecule has 0 saturated carbocycles. The predicted octanol–water partition coefficient (Wildman–Crippen LogP) is 1.11. The van der Waals surface area contributed by atoms with Gasteiger partial charge in [0.15, 0.2) is 5.82 Å². The summed E-state index contributed by atoms with van der Waals surface area (Å²) in [5, 5.41) is 6.51. The molecule has 22 heavy (non-hydrogen) atoms. The molecule has 0 radical (unpaired) electrons. The van der Waals surface area contributed by atoms with Crippen LogP contribution in [-0.2, 0) is 9.59 Å². The number of nitrogens with one attached hydrogen (secondary N) is 1. The first-order valence-corrected chi connectivity index (χ1v) is 7.65. The second-order valence-corrected chi connectivity index (χ2v) is 6.00. The van der Waals surface area contributed by atoms with Gasteiger partial charge < -0.3 is 14.7 Å². The monoisotopic (exact) mass is 308 g/mol. The van der Waals surface area contributed by atoms with Gasteiger partial charge in [-0.05, 0) is 13.8 Å². The summed E-state index contributed by atoms with van der Waals surface area (Å²) in [4.78, 5) is 28.1. The molecule has 122 valence electrons. The van der Waals surface area contributed by atoms with Crippen LogP contribution < -0.4 is 5.32 Å². The van der Waals surface area contributed by atoms with Crippen LogP contribution in [0.1, 0.15) is 26.5 Å². The van der Waals surface area contributed by atoms with E-state index < -0.39 is 0 Å². The van der Waals surface area contributed by atoms with E-state index in [4.69, 9.17) is 4.52 Å². The van der Waals surface area contributed by atoms with Gasteiger partial charge in [0.2, 0.25) is 11.8 Å². The van der Waals surface area contributed by atoms with E-state index in [1.807, 2.05) is 25.7 Å². The molecule has 2 heterocycles. The molecule has 1 aliphatic heterocycles. The average molecular weight is 308 g/mol. The van der Waals surface area contributed by atoms with Gasteiger partial charge >= 0.3 is 0 Å². The van der Waals surface area contributed by atoms with Crippen LogP contribution in [0.4, 0.5) is 5.82 Å². The minimum absolute atomic E-state index is 0.0164. The van der Waals surface area contributed by atoms with Crippen LogP contribution in [-0.4, -0.2) is 59.0 Å². The summed E-state index contributed by atoms with van der Waals surface area (Å²) in [6.45, 7) is 10.2. The molecule has 0 spiro atoms. The molecule has 0 aromatic carbocycles. The lowest BCUT2D eigenvalue weighted by Crippen LogP contribution is -2.54. The second kappa shape index (κ2) is 6.91. The maximum atomic E-state index is 12.2. The Morgan fingerprint density at radius 2 is 1.86 bits per heavy atom. The van der Waals surface area contributed by atoms with Crippen LogP contribution in [0, 0.1) is 12.8 Å². The first kappa shape index (κ1) is 16.5. The number of nitrogens with zero attached hydrogens (tertiary/aromatic N) is 3. The third-order valence-electron chi connectivity index (χ3n) is 3.93. The molecule has 2 amide bonds. The standard InChI is InChI=1S/C15H24N4O3/c1-10(2)15(21)19-7-5-18(6-8-19)12(4)14(20)16-13-9-11(3)22-17-13/h9-10,12H,5-8H2,1-4H3,(H,16,17,20). The van der Waals surface area contributed by atoms with Gasteiger partial charge in [-0.1, -0.05) is 19.0 Å². The Morgan fingerprint density at radius 1 is 1.23 bits per heavy atom. The number of hydrogen-bond acceptors (Lipinski definition) is 5. The Bertz CT molecular complexity index is 533. The predicted molar refractivity (Wildman–Crippen MR) is 82.3 cm³/mol. The van der Waals surface area contributed by atoms with Gasteiger partial charge in [0.25, 0.3) is 0 Å². The van der Waals surface area contributed by atoms with E-state index in [1.165, 1.54) is 0 Å². The van der Waals surface area contributed by atoms with Gasteiger partial charge in [-0.2, -0.15) is 0 Å². The van der Waals surface area contributed by atoms with Gasteiger partial charge in [0, 0.05) is 38.2 Å². The van der Waals surface area contributed by atoms with E-state index in [9.17, 15) is 9.59 Å². The van der Waals surface area contributed by atoms with Crippen molar-refractivity contribution in [1.82, 2.24) is 15.0 Å². The zero-order valence-corrected chi connectivity index (χ0v) is 13.6. The quantitative estimate of drug-likeness (QED) is 0.901. The van der Waals surface area contributed by atoms with Gasteiger partial charge in [-0.25, -0.2) is 0 Å². The molecule has 1 N–H and O–H groups in total. The van der Waals surface area contributed by atoms with Crippen molar-refractivity contribution in [3.8, 4) is 0 Å². The van der Waals surface area contributed by atoms with Crippen molar-refractivity contribution < 1.29 is 14.1 Å². The lowest BCUT2D eigenvalue weighted by atomic mass is 10.1. The topological polar surface area (TPSA) is 78.7 Å². The molecule has 7 heteroatoms. The van der Waals surface area contributed by atoms with Crippen LogP contribution in [0.25, 0.3) is 0 Å². The fourth-order valence-electron chi connectivity index (χ4n) is 2.52. The lowest BCUT2D eigenvalue weighted by molar-refractivity contribution is -0.136. The number of rotatable bonds is 4. The molecule has 1 saturated heterocycles. The number of hydrogen-bond donors (Lipinski definition) is 1. The van der Waals surface area contributed by atoms with E-state index >= 15 is 0 Å². The van der Waals surface area contributed by atoms with Crippen LogP contribution in [0.15, 0.2) is 10.6 Å². The minimum Gasteiger partial charge on any atom is -0.360 e. The highest BCUT2D eigenvalue weighted by Crippen LogP contribution is 2.12. The highest BCUT2D eigenvalue weighted by Gasteiger charge is 2.28. The fraction of sp³-hybridized carbons (Fsp3) is 0.667. The summed E-state index contributed by atoms with van der Waals surface area (Å²) in [6, 6.07) is 1.41. The Balaban J connectivity index is 1.85. The molecular weight excluding hydrogens is 284 g/mol. The van der Waals surface area contributed by atoms with Crippen LogP contribution >= 0.6 is 0 Å². The van der Waals surface area contributed by atoms with Gasteiger partial charge in [0.1, 0.15) is 5.76 Å². The molecule has 1 unspecified atom stereocenters. The number of aromatic nitrogens is 1. The number of aryl methyl sites for hydroxylation is 1. The Labute approximate surface area is 130 Å². The molecule has 7 nitrogen and oxygen atoms in total. The largest absolute Gasteiger partial charge is 0.360 e. The normalized spacial score (nSPS) is 17.6. The van der Waals surface area contributed by atoms with Crippen LogP contribution in [0.5, 0.6) is 0 Å². The third-order valence-corrected chi connectivity index (χ3v) is 3.93. The molecular formula is C15H24N4O3. The average Bonchev–Trinajstić information content (AvgIpc) is 2.90. The first-order chi connectivity index (χ1) is 10.4. The highest BCUT2D eigenvalue weighted by atomic mass is 16.5. The SMILES string of the molecule is Cc1cc(NC(=O)C(C)N2CCN(C(=O)C(C)C)CC2)no1. The Morgan fingerprint density at radius 3 is 2.36 bits per heavy atom. The van der Waals surface area contributed by atoms with Crippen molar-refractivity contribution in [2.24, 2.45) is 5.92 Å². The summed E-state index contributed by atoms with van der Waals surface area (Å²) in [6.07, 6.45) is 0. The van der Waals surface area contributed by atoms with E-state index in [0.29, 0.717) is 37.8 Å². The molecule has 0 aliphatic carbocycles. The number of piperazine rings is 1. The van der Waals surface area contributed by atoms with Crippen LogP contribution in [0.3, 0.4) is 0 Å². The number of carbonyl (C=O) groups is 2. The summed E-state index contributed by atoms with van der Waals surface area (Å²) in [5.74, 6) is 1.17. The molecule has 2 rings (SSSR count). The first-order valence-electron chi connectivity index (χ1n) is 7.65. The highest BCUT2D eigenvalue weighted by molar-refractivity contribution is 5.93. The molecule has 0 bridgehead atoms. The van der Waals surface area contributed by atoms with Crippen molar-refractivity contribution in [2.75, 3.05) is 31.5 Å². The van der Waals surface area contributed by atoms with E-state index in [-0.39, 0.29) is 23.8 Å². The molecule has 1 aromatic rings. The molecule has 1 aliphatic rings.